The lowest BCUT2D eigenvalue weighted by Gasteiger charge is -2.36. The van der Waals surface area contributed by atoms with Crippen LogP contribution in [0, 0.1) is 19.7 Å². The second-order valence-electron chi connectivity index (χ2n) is 7.29. The Hall–Kier alpha value is -3.22. The molecule has 0 N–H and O–H groups in total. The maximum atomic E-state index is 13.0. The normalized spacial score (nSPS) is 14.3. The largest absolute Gasteiger partial charge is 0.365 e. The van der Waals surface area contributed by atoms with Crippen LogP contribution in [-0.2, 0) is 11.2 Å². The van der Waals surface area contributed by atoms with E-state index in [1.165, 1.54) is 12.1 Å². The van der Waals surface area contributed by atoms with E-state index in [0.717, 1.165) is 41.5 Å². The number of anilines is 1. The van der Waals surface area contributed by atoms with Crippen LogP contribution in [0.2, 0.25) is 0 Å². The molecule has 2 aromatic heterocycles. The lowest BCUT2D eigenvalue weighted by molar-refractivity contribution is -0.130. The fourth-order valence-electron chi connectivity index (χ4n) is 3.86. The lowest BCUT2D eigenvalue weighted by atomic mass is 10.1. The number of aryl methyl sites for hydroxylation is 1. The van der Waals surface area contributed by atoms with Crippen molar-refractivity contribution in [3.05, 3.63) is 71.4 Å². The third-order valence-electron chi connectivity index (χ3n) is 5.34. The van der Waals surface area contributed by atoms with Crippen molar-refractivity contribution in [1.82, 2.24) is 19.7 Å². The molecular weight excluding hydrogens is 369 g/mol. The van der Waals surface area contributed by atoms with Crippen molar-refractivity contribution < 1.29 is 9.18 Å². The number of halogens is 1. The fourth-order valence-corrected chi connectivity index (χ4v) is 3.86. The SMILES string of the molecule is Cc1nn(-c2ccccn2)c(C)c1N1CCN(C(=O)Cc2ccc(F)cc2)CC1. The zero-order valence-corrected chi connectivity index (χ0v) is 16.7. The molecule has 0 radical (unpaired) electrons. The number of rotatable bonds is 4. The Labute approximate surface area is 169 Å². The average Bonchev–Trinajstić information content (AvgIpc) is 3.04. The van der Waals surface area contributed by atoms with Gasteiger partial charge in [-0.2, -0.15) is 5.10 Å². The second kappa shape index (κ2) is 8.03. The molecule has 150 valence electrons. The summed E-state index contributed by atoms with van der Waals surface area (Å²) in [5, 5.41) is 4.67. The number of hydrogen-bond acceptors (Lipinski definition) is 4. The highest BCUT2D eigenvalue weighted by Gasteiger charge is 2.25. The first-order valence-corrected chi connectivity index (χ1v) is 9.78. The lowest BCUT2D eigenvalue weighted by Crippen LogP contribution is -2.49. The highest BCUT2D eigenvalue weighted by Crippen LogP contribution is 2.27. The minimum Gasteiger partial charge on any atom is -0.365 e. The summed E-state index contributed by atoms with van der Waals surface area (Å²) in [6, 6.07) is 11.9. The van der Waals surface area contributed by atoms with Gasteiger partial charge >= 0.3 is 0 Å². The van der Waals surface area contributed by atoms with E-state index < -0.39 is 0 Å². The summed E-state index contributed by atoms with van der Waals surface area (Å²) < 4.78 is 14.9. The Morgan fingerprint density at radius 3 is 2.41 bits per heavy atom. The molecule has 1 aliphatic rings. The number of pyridine rings is 1. The summed E-state index contributed by atoms with van der Waals surface area (Å²) in [4.78, 5) is 21.2. The van der Waals surface area contributed by atoms with Crippen molar-refractivity contribution in [2.75, 3.05) is 31.1 Å². The molecule has 0 atom stereocenters. The van der Waals surface area contributed by atoms with Crippen molar-refractivity contribution in [3.63, 3.8) is 0 Å². The number of carbonyl (C=O) groups excluding carboxylic acids is 1. The van der Waals surface area contributed by atoms with Crippen molar-refractivity contribution >= 4 is 11.6 Å². The van der Waals surface area contributed by atoms with Crippen molar-refractivity contribution in [1.29, 1.82) is 0 Å². The first-order valence-electron chi connectivity index (χ1n) is 9.78. The maximum Gasteiger partial charge on any atom is 0.227 e. The van der Waals surface area contributed by atoms with Gasteiger partial charge in [0, 0.05) is 32.4 Å². The fraction of sp³-hybridized carbons (Fsp3) is 0.318. The van der Waals surface area contributed by atoms with E-state index in [2.05, 4.69) is 21.9 Å². The van der Waals surface area contributed by atoms with Crippen molar-refractivity contribution in [2.45, 2.75) is 20.3 Å². The van der Waals surface area contributed by atoms with E-state index in [1.807, 2.05) is 34.7 Å². The maximum absolute atomic E-state index is 13.0. The van der Waals surface area contributed by atoms with Gasteiger partial charge < -0.3 is 9.80 Å². The summed E-state index contributed by atoms with van der Waals surface area (Å²) in [6.45, 7) is 6.89. The van der Waals surface area contributed by atoms with Gasteiger partial charge in [0.05, 0.1) is 23.5 Å². The van der Waals surface area contributed by atoms with Crippen LogP contribution in [0.25, 0.3) is 5.82 Å². The molecule has 0 bridgehead atoms. The molecule has 29 heavy (non-hydrogen) atoms. The highest BCUT2D eigenvalue weighted by molar-refractivity contribution is 5.79. The highest BCUT2D eigenvalue weighted by atomic mass is 19.1. The molecule has 0 saturated carbocycles. The van der Waals surface area contributed by atoms with Crippen molar-refractivity contribution in [2.24, 2.45) is 0 Å². The van der Waals surface area contributed by atoms with Crippen LogP contribution < -0.4 is 4.90 Å². The van der Waals surface area contributed by atoms with Gasteiger partial charge in [-0.1, -0.05) is 18.2 Å². The van der Waals surface area contributed by atoms with E-state index in [1.54, 1.807) is 18.3 Å². The number of amides is 1. The molecule has 3 aromatic rings. The third-order valence-corrected chi connectivity index (χ3v) is 5.34. The van der Waals surface area contributed by atoms with E-state index in [-0.39, 0.29) is 11.7 Å². The van der Waals surface area contributed by atoms with Gasteiger partial charge in [0.2, 0.25) is 5.91 Å². The Morgan fingerprint density at radius 2 is 1.76 bits per heavy atom. The Balaban J connectivity index is 1.43. The smallest absolute Gasteiger partial charge is 0.227 e. The minimum absolute atomic E-state index is 0.0777. The van der Waals surface area contributed by atoms with Gasteiger partial charge in [-0.25, -0.2) is 14.1 Å². The van der Waals surface area contributed by atoms with Gasteiger partial charge in [0.15, 0.2) is 5.82 Å². The molecule has 0 unspecified atom stereocenters. The van der Waals surface area contributed by atoms with Crippen LogP contribution in [0.15, 0.2) is 48.7 Å². The monoisotopic (exact) mass is 393 g/mol. The molecule has 1 fully saturated rings. The Morgan fingerprint density at radius 1 is 1.03 bits per heavy atom. The van der Waals surface area contributed by atoms with Crippen LogP contribution in [0.3, 0.4) is 0 Å². The predicted molar refractivity (Wildman–Crippen MR) is 110 cm³/mol. The second-order valence-corrected chi connectivity index (χ2v) is 7.29. The third kappa shape index (κ3) is 3.99. The molecule has 3 heterocycles. The number of piperazine rings is 1. The Kier molecular flexibility index (Phi) is 5.29. The van der Waals surface area contributed by atoms with Gasteiger partial charge in [-0.05, 0) is 43.7 Å². The summed E-state index contributed by atoms with van der Waals surface area (Å²) >= 11 is 0. The molecule has 7 heteroatoms. The Bertz CT molecular complexity index is 992. The quantitative estimate of drug-likeness (QED) is 0.684. The summed E-state index contributed by atoms with van der Waals surface area (Å²) in [6.07, 6.45) is 2.06. The number of aromatic nitrogens is 3. The summed E-state index contributed by atoms with van der Waals surface area (Å²) in [5.74, 6) is 0.591. The molecule has 1 saturated heterocycles. The number of benzene rings is 1. The predicted octanol–water partition coefficient (Wildman–Crippen LogP) is 2.91. The van der Waals surface area contributed by atoms with E-state index in [0.29, 0.717) is 19.5 Å². The van der Waals surface area contributed by atoms with E-state index in [9.17, 15) is 9.18 Å². The molecular formula is C22H24FN5O. The van der Waals surface area contributed by atoms with Crippen LogP contribution in [-0.4, -0.2) is 51.8 Å². The van der Waals surface area contributed by atoms with Gasteiger partial charge in [-0.15, -0.1) is 0 Å². The zero-order valence-electron chi connectivity index (χ0n) is 16.7. The van der Waals surface area contributed by atoms with Crippen molar-refractivity contribution in [3.8, 4) is 5.82 Å². The molecule has 6 nitrogen and oxygen atoms in total. The standard InChI is InChI=1S/C22H24FN5O/c1-16-22(17(2)28(25-16)20-5-3-4-10-24-20)27-13-11-26(12-14-27)21(29)15-18-6-8-19(23)9-7-18/h3-10H,11-15H2,1-2H3. The molecule has 4 rings (SSSR count). The molecule has 1 aliphatic heterocycles. The molecule has 1 amide bonds. The van der Waals surface area contributed by atoms with E-state index in [4.69, 9.17) is 0 Å². The number of nitrogens with zero attached hydrogens (tertiary/aromatic N) is 5. The zero-order chi connectivity index (χ0) is 20.4. The number of carbonyl (C=O) groups is 1. The first kappa shape index (κ1) is 19.1. The van der Waals surface area contributed by atoms with Gasteiger partial charge in [0.1, 0.15) is 5.82 Å². The van der Waals surface area contributed by atoms with Crippen LogP contribution in [0.4, 0.5) is 10.1 Å². The molecule has 0 aliphatic carbocycles. The summed E-state index contributed by atoms with van der Waals surface area (Å²) in [7, 11) is 0. The van der Waals surface area contributed by atoms with E-state index >= 15 is 0 Å². The molecule has 1 aromatic carbocycles. The van der Waals surface area contributed by atoms with Crippen LogP contribution in [0.5, 0.6) is 0 Å². The summed E-state index contributed by atoms with van der Waals surface area (Å²) in [5.41, 5.74) is 3.95. The topological polar surface area (TPSA) is 54.3 Å². The first-order chi connectivity index (χ1) is 14.0. The number of hydrogen-bond donors (Lipinski definition) is 0. The van der Waals surface area contributed by atoms with Gasteiger partial charge in [-0.3, -0.25) is 4.79 Å². The van der Waals surface area contributed by atoms with Crippen LogP contribution in [0.1, 0.15) is 17.0 Å². The average molecular weight is 393 g/mol. The molecule has 0 spiro atoms. The van der Waals surface area contributed by atoms with Crippen LogP contribution >= 0.6 is 0 Å². The van der Waals surface area contributed by atoms with Gasteiger partial charge in [0.25, 0.3) is 0 Å². The minimum atomic E-state index is -0.285.